The van der Waals surface area contributed by atoms with Gasteiger partial charge >= 0.3 is 5.97 Å². The number of unbranched alkanes of at least 4 members (excludes halogenated alkanes) is 3. The maximum atomic E-state index is 12.6. The van der Waals surface area contributed by atoms with Gasteiger partial charge in [-0.1, -0.05) is 38.3 Å². The molecule has 28 heavy (non-hydrogen) atoms. The highest BCUT2D eigenvalue weighted by molar-refractivity contribution is 7.99. The number of hydrogen-bond acceptors (Lipinski definition) is 6. The summed E-state index contributed by atoms with van der Waals surface area (Å²) in [6, 6.07) is 10.0. The minimum Gasteiger partial charge on any atom is -0.463 e. The second-order valence-electron chi connectivity index (χ2n) is 6.60. The number of ether oxygens (including phenoxy) is 2. The van der Waals surface area contributed by atoms with Crippen molar-refractivity contribution < 1.29 is 14.3 Å². The van der Waals surface area contributed by atoms with E-state index in [2.05, 4.69) is 13.0 Å². The highest BCUT2D eigenvalue weighted by atomic mass is 32.2. The van der Waals surface area contributed by atoms with E-state index in [4.69, 9.17) is 15.2 Å². The second-order valence-corrected chi connectivity index (χ2v) is 7.77. The molecule has 1 atom stereocenters. The molecular formula is C22H28N2O3S. The van der Waals surface area contributed by atoms with Gasteiger partial charge in [0.05, 0.1) is 18.1 Å². The summed E-state index contributed by atoms with van der Waals surface area (Å²) in [5.41, 5.74) is 7.36. The maximum Gasteiger partial charge on any atom is 0.338 e. The highest BCUT2D eigenvalue weighted by Gasteiger charge is 2.36. The number of esters is 1. The number of nitriles is 1. The van der Waals surface area contributed by atoms with Gasteiger partial charge in [0.2, 0.25) is 5.88 Å². The molecule has 1 unspecified atom stereocenters. The monoisotopic (exact) mass is 400 g/mol. The van der Waals surface area contributed by atoms with Crippen LogP contribution in [-0.4, -0.2) is 18.3 Å². The topological polar surface area (TPSA) is 85.3 Å². The third-order valence-electron chi connectivity index (χ3n) is 4.56. The van der Waals surface area contributed by atoms with Gasteiger partial charge in [0.25, 0.3) is 0 Å². The van der Waals surface area contributed by atoms with Crippen LogP contribution in [0.5, 0.6) is 0 Å². The fourth-order valence-corrected chi connectivity index (χ4v) is 4.17. The molecule has 0 aliphatic carbocycles. The van der Waals surface area contributed by atoms with Crippen molar-refractivity contribution in [2.24, 2.45) is 5.73 Å². The van der Waals surface area contributed by atoms with Crippen molar-refractivity contribution in [1.29, 1.82) is 5.26 Å². The molecule has 2 rings (SSSR count). The van der Waals surface area contributed by atoms with E-state index in [1.54, 1.807) is 25.6 Å². The Kier molecular flexibility index (Phi) is 8.46. The molecule has 0 radical (unpaired) electrons. The predicted molar refractivity (Wildman–Crippen MR) is 111 cm³/mol. The van der Waals surface area contributed by atoms with Crippen molar-refractivity contribution in [3.63, 3.8) is 0 Å². The van der Waals surface area contributed by atoms with E-state index in [1.165, 1.54) is 25.7 Å². The lowest BCUT2D eigenvalue weighted by atomic mass is 9.83. The lowest BCUT2D eigenvalue weighted by molar-refractivity contribution is -0.139. The first-order chi connectivity index (χ1) is 13.5. The van der Waals surface area contributed by atoms with Crippen molar-refractivity contribution in [3.8, 4) is 6.07 Å². The Labute approximate surface area is 171 Å². The summed E-state index contributed by atoms with van der Waals surface area (Å²) >= 11 is 1.79. The summed E-state index contributed by atoms with van der Waals surface area (Å²) in [4.78, 5) is 13.7. The van der Waals surface area contributed by atoms with Crippen molar-refractivity contribution in [1.82, 2.24) is 0 Å². The van der Waals surface area contributed by atoms with Crippen molar-refractivity contribution >= 4 is 17.7 Å². The highest BCUT2D eigenvalue weighted by Crippen LogP contribution is 2.40. The quantitative estimate of drug-likeness (QED) is 0.356. The standard InChI is InChI=1S/C22H28N2O3S/c1-4-6-7-8-12-28-17-11-9-10-16(13-17)20-18(14-23)21(24)27-15(3)19(20)22(25)26-5-2/h9-11,13,20H,4-8,12,24H2,1-3H3. The van der Waals surface area contributed by atoms with Crippen LogP contribution in [-0.2, 0) is 14.3 Å². The van der Waals surface area contributed by atoms with Crippen LogP contribution in [0.1, 0.15) is 57.9 Å². The molecule has 1 heterocycles. The van der Waals surface area contributed by atoms with Gasteiger partial charge in [0, 0.05) is 4.90 Å². The molecule has 1 aromatic rings. The summed E-state index contributed by atoms with van der Waals surface area (Å²) in [7, 11) is 0. The Morgan fingerprint density at radius 3 is 2.79 bits per heavy atom. The van der Waals surface area contributed by atoms with Crippen molar-refractivity contribution in [2.75, 3.05) is 12.4 Å². The summed E-state index contributed by atoms with van der Waals surface area (Å²) in [6.45, 7) is 5.87. The predicted octanol–water partition coefficient (Wildman–Crippen LogP) is 5.00. The van der Waals surface area contributed by atoms with E-state index in [0.717, 1.165) is 16.2 Å². The Hall–Kier alpha value is -2.39. The number of carbonyl (C=O) groups is 1. The van der Waals surface area contributed by atoms with Gasteiger partial charge in [-0.2, -0.15) is 5.26 Å². The molecule has 1 aromatic carbocycles. The van der Waals surface area contributed by atoms with Gasteiger partial charge < -0.3 is 15.2 Å². The molecule has 150 valence electrons. The average Bonchev–Trinajstić information content (AvgIpc) is 2.67. The fourth-order valence-electron chi connectivity index (χ4n) is 3.19. The van der Waals surface area contributed by atoms with E-state index in [1.807, 2.05) is 24.3 Å². The largest absolute Gasteiger partial charge is 0.463 e. The van der Waals surface area contributed by atoms with Gasteiger partial charge in [0.15, 0.2) is 0 Å². The number of nitrogens with zero attached hydrogens (tertiary/aromatic N) is 1. The first-order valence-electron chi connectivity index (χ1n) is 9.71. The van der Waals surface area contributed by atoms with Crippen LogP contribution in [0.3, 0.4) is 0 Å². The zero-order valence-corrected chi connectivity index (χ0v) is 17.6. The van der Waals surface area contributed by atoms with E-state index in [9.17, 15) is 10.1 Å². The molecule has 1 aliphatic rings. The van der Waals surface area contributed by atoms with E-state index < -0.39 is 11.9 Å². The van der Waals surface area contributed by atoms with E-state index in [-0.39, 0.29) is 18.1 Å². The maximum absolute atomic E-state index is 12.6. The number of nitrogens with two attached hydrogens (primary N) is 1. The van der Waals surface area contributed by atoms with Crippen molar-refractivity contribution in [3.05, 3.63) is 52.6 Å². The summed E-state index contributed by atoms with van der Waals surface area (Å²) < 4.78 is 10.7. The summed E-state index contributed by atoms with van der Waals surface area (Å²) in [5.74, 6) is 0.384. The van der Waals surface area contributed by atoms with Crippen LogP contribution < -0.4 is 5.73 Å². The zero-order valence-electron chi connectivity index (χ0n) is 16.8. The van der Waals surface area contributed by atoms with Crippen LogP contribution in [0.2, 0.25) is 0 Å². The minimum atomic E-state index is -0.585. The zero-order chi connectivity index (χ0) is 20.5. The first kappa shape index (κ1) is 21.9. The molecule has 1 aliphatic heterocycles. The van der Waals surface area contributed by atoms with Crippen LogP contribution >= 0.6 is 11.8 Å². The Morgan fingerprint density at radius 1 is 1.32 bits per heavy atom. The Balaban J connectivity index is 2.32. The SMILES string of the molecule is CCCCCCSc1cccc(C2C(C#N)=C(N)OC(C)=C2C(=O)OCC)c1. The smallest absolute Gasteiger partial charge is 0.338 e. The van der Waals surface area contributed by atoms with Gasteiger partial charge in [-0.3, -0.25) is 0 Å². The molecule has 6 heteroatoms. The number of allylic oxidation sites excluding steroid dienone is 2. The van der Waals surface area contributed by atoms with Gasteiger partial charge in [-0.05, 0) is 43.7 Å². The molecule has 0 aromatic heterocycles. The Morgan fingerprint density at radius 2 is 2.11 bits per heavy atom. The van der Waals surface area contributed by atoms with Gasteiger partial charge in [0.1, 0.15) is 17.4 Å². The average molecular weight is 401 g/mol. The number of carbonyl (C=O) groups excluding carboxylic acids is 1. The molecule has 5 nitrogen and oxygen atoms in total. The van der Waals surface area contributed by atoms with Crippen LogP contribution in [0.25, 0.3) is 0 Å². The molecule has 0 amide bonds. The number of rotatable bonds is 9. The Bertz CT molecular complexity index is 808. The van der Waals surface area contributed by atoms with Crippen molar-refractivity contribution in [2.45, 2.75) is 57.3 Å². The third-order valence-corrected chi connectivity index (χ3v) is 5.64. The van der Waals surface area contributed by atoms with Crippen LogP contribution in [0, 0.1) is 11.3 Å². The number of hydrogen-bond donors (Lipinski definition) is 1. The first-order valence-corrected chi connectivity index (χ1v) is 10.7. The summed E-state index contributed by atoms with van der Waals surface area (Å²) in [6.07, 6.45) is 4.88. The molecule has 0 spiro atoms. The molecular weight excluding hydrogens is 372 g/mol. The molecule has 0 saturated heterocycles. The number of thioether (sulfide) groups is 1. The molecule has 2 N–H and O–H groups in total. The summed E-state index contributed by atoms with van der Waals surface area (Å²) in [5, 5.41) is 9.65. The number of benzene rings is 1. The molecule has 0 fully saturated rings. The lowest BCUT2D eigenvalue weighted by Gasteiger charge is -2.27. The van der Waals surface area contributed by atoms with E-state index >= 15 is 0 Å². The van der Waals surface area contributed by atoms with Crippen LogP contribution in [0.4, 0.5) is 0 Å². The lowest BCUT2D eigenvalue weighted by Crippen LogP contribution is -2.25. The second kappa shape index (κ2) is 10.8. The van der Waals surface area contributed by atoms with Gasteiger partial charge in [-0.15, -0.1) is 11.8 Å². The minimum absolute atomic E-state index is 0.0377. The fraction of sp³-hybridized carbons (Fsp3) is 0.455. The third kappa shape index (κ3) is 5.32. The molecule has 0 bridgehead atoms. The van der Waals surface area contributed by atoms with Crippen LogP contribution in [0.15, 0.2) is 51.9 Å². The normalized spacial score (nSPS) is 16.6. The van der Waals surface area contributed by atoms with E-state index in [0.29, 0.717) is 11.3 Å². The molecule has 0 saturated carbocycles. The van der Waals surface area contributed by atoms with Gasteiger partial charge in [-0.25, -0.2) is 4.79 Å².